The highest BCUT2D eigenvalue weighted by atomic mass is 32.1. The van der Waals surface area contributed by atoms with Gasteiger partial charge in [0, 0.05) is 45.6 Å². The number of methoxy groups -OCH3 is 1. The van der Waals surface area contributed by atoms with E-state index in [0.29, 0.717) is 57.6 Å². The lowest BCUT2D eigenvalue weighted by atomic mass is 9.73. The van der Waals surface area contributed by atoms with E-state index in [9.17, 15) is 4.79 Å². The second kappa shape index (κ2) is 22.8. The number of ether oxygens (including phenoxy) is 6. The highest BCUT2D eigenvalue weighted by Crippen LogP contribution is 2.56. The third-order valence-corrected chi connectivity index (χ3v) is 19.4. The van der Waals surface area contributed by atoms with Crippen LogP contribution in [0.4, 0.5) is 0 Å². The van der Waals surface area contributed by atoms with Crippen LogP contribution >= 0.6 is 23.5 Å². The van der Waals surface area contributed by atoms with Crippen LogP contribution in [0, 0.1) is 0 Å². The molecule has 9 aromatic carbocycles. The predicted molar refractivity (Wildman–Crippen MR) is 348 cm³/mol. The molecule has 0 fully saturated rings. The molecule has 0 radical (unpaired) electrons. The predicted octanol–water partition coefficient (Wildman–Crippen LogP) is 16.6. The van der Waals surface area contributed by atoms with Gasteiger partial charge in [-0.3, -0.25) is 0 Å². The molecular weight excluding hydrogens is 1120 g/mol. The smallest absolute Gasteiger partial charge is 0.341 e. The van der Waals surface area contributed by atoms with Gasteiger partial charge < -0.3 is 28.4 Å². The Hall–Kier alpha value is -8.27. The molecule has 0 amide bonds. The molecule has 0 unspecified atom stereocenters. The van der Waals surface area contributed by atoms with E-state index in [-0.39, 0.29) is 24.0 Å². The zero-order valence-corrected chi connectivity index (χ0v) is 51.5. The monoisotopic (exact) mass is 1190 g/mol. The van der Waals surface area contributed by atoms with Crippen molar-refractivity contribution >= 4 is 51.5 Å². The van der Waals surface area contributed by atoms with Crippen molar-refractivity contribution in [1.82, 2.24) is 17.5 Å². The normalized spacial score (nSPS) is 14.4. The van der Waals surface area contributed by atoms with Gasteiger partial charge in [-0.1, -0.05) is 155 Å². The van der Waals surface area contributed by atoms with Crippen LogP contribution in [0.5, 0.6) is 5.75 Å². The standard InChI is InChI=1S/C74H66N4O7S2/c1-8-84-71(79)59-43-48(21-30-66(59)85-38-37-83-36-35-82-34-33-81-32-31-80-7)74(6)64-41-46(51-28-26-49(67-69(51)77-86-75-67)44-17-22-55-53-13-9-11-15-60(53)72(2,3)62(55)39-44)19-24-57(64)58-25-20-47(42-65(58)74)52-29-27-50(68-70(52)78-87-76-68)45-18-23-56-54-14-10-12-16-61(54)73(4,5)63(56)40-45/h9-30,39-43H,8,31-38H2,1-7H3. The fraction of sp³-hybridized carbons (Fsp3) is 0.257. The fourth-order valence-electron chi connectivity index (χ4n) is 13.8. The van der Waals surface area contributed by atoms with Gasteiger partial charge in [0.25, 0.3) is 0 Å². The molecule has 11 nitrogen and oxygen atoms in total. The molecule has 13 heteroatoms. The summed E-state index contributed by atoms with van der Waals surface area (Å²) in [5, 5.41) is 0. The van der Waals surface area contributed by atoms with E-state index in [1.165, 1.54) is 68.0 Å². The quantitative estimate of drug-likeness (QED) is 0.0535. The topological polar surface area (TPSA) is 124 Å². The Bertz CT molecular complexity index is 4270. The largest absolute Gasteiger partial charge is 0.490 e. The average Bonchev–Trinajstić information content (AvgIpc) is 1.68. The van der Waals surface area contributed by atoms with E-state index in [1.807, 2.05) is 19.1 Å². The Kier molecular flexibility index (Phi) is 14.8. The summed E-state index contributed by atoms with van der Waals surface area (Å²) in [5.41, 5.74) is 26.8. The van der Waals surface area contributed by atoms with E-state index in [2.05, 4.69) is 186 Å². The van der Waals surface area contributed by atoms with Gasteiger partial charge in [0.2, 0.25) is 0 Å². The molecule has 2 heterocycles. The number of carbonyl (C=O) groups excluding carboxylic acids is 1. The summed E-state index contributed by atoms with van der Waals surface area (Å²) < 4.78 is 54.2. The zero-order valence-electron chi connectivity index (χ0n) is 49.9. The van der Waals surface area contributed by atoms with Crippen molar-refractivity contribution in [2.24, 2.45) is 0 Å². The van der Waals surface area contributed by atoms with E-state index < -0.39 is 11.4 Å². The maximum absolute atomic E-state index is 14.2. The summed E-state index contributed by atoms with van der Waals surface area (Å²) in [7, 11) is 1.65. The molecule has 436 valence electrons. The van der Waals surface area contributed by atoms with E-state index >= 15 is 0 Å². The second-order valence-electron chi connectivity index (χ2n) is 23.9. The number of hydrogen-bond acceptors (Lipinski definition) is 13. The van der Waals surface area contributed by atoms with Crippen LogP contribution in [0.25, 0.3) is 100.0 Å². The average molecular weight is 1190 g/mol. The van der Waals surface area contributed by atoms with Crippen LogP contribution in [0.2, 0.25) is 0 Å². The van der Waals surface area contributed by atoms with Gasteiger partial charge >= 0.3 is 5.97 Å². The first kappa shape index (κ1) is 56.5. The first-order valence-corrected chi connectivity index (χ1v) is 31.3. The van der Waals surface area contributed by atoms with Crippen molar-refractivity contribution in [3.05, 3.63) is 208 Å². The summed E-state index contributed by atoms with van der Waals surface area (Å²) in [6, 6.07) is 59.5. The van der Waals surface area contributed by atoms with Crippen molar-refractivity contribution in [2.45, 2.75) is 57.8 Å². The van der Waals surface area contributed by atoms with E-state index in [4.69, 9.17) is 45.9 Å². The second-order valence-corrected chi connectivity index (χ2v) is 24.9. The molecular formula is C74H66N4O7S2. The summed E-state index contributed by atoms with van der Waals surface area (Å²) in [4.78, 5) is 14.2. The molecule has 0 bridgehead atoms. The molecule has 0 spiro atoms. The van der Waals surface area contributed by atoms with Crippen molar-refractivity contribution in [1.29, 1.82) is 0 Å². The minimum absolute atomic E-state index is 0.142. The number of hydrogen-bond donors (Lipinski definition) is 0. The van der Waals surface area contributed by atoms with Gasteiger partial charge in [-0.05, 0) is 145 Å². The van der Waals surface area contributed by atoms with Crippen LogP contribution in [0.1, 0.15) is 90.8 Å². The minimum atomic E-state index is -0.795. The molecule has 3 aliphatic carbocycles. The molecule has 3 aliphatic rings. The van der Waals surface area contributed by atoms with Gasteiger partial charge in [0.1, 0.15) is 40.0 Å². The van der Waals surface area contributed by atoms with Gasteiger partial charge in [0.05, 0.1) is 76.3 Å². The van der Waals surface area contributed by atoms with Crippen LogP contribution in [0.3, 0.4) is 0 Å². The van der Waals surface area contributed by atoms with Crippen molar-refractivity contribution in [2.75, 3.05) is 66.6 Å². The van der Waals surface area contributed by atoms with Crippen LogP contribution in [-0.2, 0) is 39.9 Å². The highest BCUT2D eigenvalue weighted by molar-refractivity contribution is 7.00. The number of carbonyl (C=O) groups is 1. The first-order chi connectivity index (χ1) is 42.4. The SMILES string of the molecule is CCOC(=O)c1cc(C2(C)c3cc(-c4ccc(-c5ccc6c(c5)C(C)(C)c5ccccc5-6)c5nsnc45)ccc3-c3ccc(-c4ccc(-c5ccc6c(c5)C(C)(C)c5ccccc5-6)c5nsnc45)cc32)ccc1OCCOCCOCCOCCOC. The van der Waals surface area contributed by atoms with Gasteiger partial charge in [-0.2, -0.15) is 17.5 Å². The molecule has 87 heavy (non-hydrogen) atoms. The molecule has 14 rings (SSSR count). The lowest BCUT2D eigenvalue weighted by Gasteiger charge is -2.30. The lowest BCUT2D eigenvalue weighted by Crippen LogP contribution is -2.23. The Labute approximate surface area is 515 Å². The summed E-state index contributed by atoms with van der Waals surface area (Å²) in [5.74, 6) is -0.0503. The fourth-order valence-corrected chi connectivity index (χ4v) is 15.0. The minimum Gasteiger partial charge on any atom is -0.490 e. The Morgan fingerprint density at radius 3 is 1.20 bits per heavy atom. The van der Waals surface area contributed by atoms with Gasteiger partial charge in [0.15, 0.2) is 0 Å². The van der Waals surface area contributed by atoms with Crippen molar-refractivity contribution in [3.63, 3.8) is 0 Å². The van der Waals surface area contributed by atoms with Crippen molar-refractivity contribution in [3.8, 4) is 83.6 Å². The maximum Gasteiger partial charge on any atom is 0.341 e. The lowest BCUT2D eigenvalue weighted by molar-refractivity contribution is 0.0000939. The van der Waals surface area contributed by atoms with Gasteiger partial charge in [-0.25, -0.2) is 4.79 Å². The van der Waals surface area contributed by atoms with Crippen LogP contribution in [-0.4, -0.2) is 90.0 Å². The Balaban J connectivity index is 0.832. The number of fused-ring (bicyclic) bond motifs is 11. The Morgan fingerprint density at radius 2 is 0.770 bits per heavy atom. The van der Waals surface area contributed by atoms with Crippen LogP contribution < -0.4 is 4.74 Å². The molecule has 0 aliphatic heterocycles. The molecule has 0 atom stereocenters. The highest BCUT2D eigenvalue weighted by Gasteiger charge is 2.43. The molecule has 0 N–H and O–H groups in total. The molecule has 11 aromatic rings. The third kappa shape index (κ3) is 9.58. The first-order valence-electron chi connectivity index (χ1n) is 29.9. The molecule has 0 saturated carbocycles. The number of esters is 1. The maximum atomic E-state index is 14.2. The molecule has 0 saturated heterocycles. The zero-order chi connectivity index (χ0) is 59.6. The van der Waals surface area contributed by atoms with Crippen LogP contribution in [0.15, 0.2) is 164 Å². The Morgan fingerprint density at radius 1 is 0.402 bits per heavy atom. The third-order valence-electron chi connectivity index (χ3n) is 18.4. The summed E-state index contributed by atoms with van der Waals surface area (Å²) in [6.45, 7) is 16.9. The van der Waals surface area contributed by atoms with Gasteiger partial charge in [-0.15, -0.1) is 0 Å². The number of nitrogens with zero attached hydrogens (tertiary/aromatic N) is 4. The number of rotatable bonds is 20. The van der Waals surface area contributed by atoms with Crippen molar-refractivity contribution < 1.29 is 33.2 Å². The number of aromatic nitrogens is 4. The van der Waals surface area contributed by atoms with E-state index in [1.54, 1.807) is 7.11 Å². The number of benzene rings is 9. The summed E-state index contributed by atoms with van der Waals surface area (Å²) in [6.07, 6.45) is 0. The van der Waals surface area contributed by atoms with E-state index in [0.717, 1.165) is 94.4 Å². The summed E-state index contributed by atoms with van der Waals surface area (Å²) >= 11 is 2.48. The molecule has 2 aromatic heterocycles.